The van der Waals surface area contributed by atoms with E-state index in [-0.39, 0.29) is 0 Å². The molecule has 2 aromatic rings. The lowest BCUT2D eigenvalue weighted by Gasteiger charge is -2.18. The van der Waals surface area contributed by atoms with Gasteiger partial charge in [-0.1, -0.05) is 0 Å². The summed E-state index contributed by atoms with van der Waals surface area (Å²) in [6, 6.07) is 7.90. The molecular weight excluding hydrogens is 308 g/mol. The highest BCUT2D eigenvalue weighted by Gasteiger charge is 2.17. The van der Waals surface area contributed by atoms with Crippen molar-refractivity contribution in [2.75, 3.05) is 32.1 Å². The predicted molar refractivity (Wildman–Crippen MR) is 91.5 cm³/mol. The number of nitrogens with one attached hydrogen (secondary N) is 1. The molecule has 1 amide bonds. The largest absolute Gasteiger partial charge is 0.495 e. The fraction of sp³-hybridized carbons (Fsp3) is 0.353. The minimum Gasteiger partial charge on any atom is -0.495 e. The number of fused-ring (bicyclic) bond motifs is 1. The van der Waals surface area contributed by atoms with Crippen LogP contribution in [-0.4, -0.2) is 43.4 Å². The van der Waals surface area contributed by atoms with E-state index >= 15 is 0 Å². The van der Waals surface area contributed by atoms with E-state index in [4.69, 9.17) is 15.1 Å². The van der Waals surface area contributed by atoms with E-state index in [0.29, 0.717) is 11.3 Å². The van der Waals surface area contributed by atoms with Gasteiger partial charge in [0.1, 0.15) is 17.6 Å². The van der Waals surface area contributed by atoms with Crippen LogP contribution < -0.4 is 15.0 Å². The maximum Gasteiger partial charge on any atom is 0.404 e. The van der Waals surface area contributed by atoms with Crippen molar-refractivity contribution in [2.24, 2.45) is 0 Å². The Hall–Kier alpha value is -3.01. The van der Waals surface area contributed by atoms with Gasteiger partial charge in [0.2, 0.25) is 0 Å². The van der Waals surface area contributed by atoms with Crippen LogP contribution in [0.1, 0.15) is 18.4 Å². The van der Waals surface area contributed by atoms with E-state index in [1.807, 2.05) is 29.7 Å². The van der Waals surface area contributed by atoms with E-state index in [1.54, 1.807) is 7.11 Å². The number of anilines is 1. The fourth-order valence-electron chi connectivity index (χ4n) is 2.62. The van der Waals surface area contributed by atoms with Crippen LogP contribution in [0.2, 0.25) is 0 Å². The normalized spacial score (nSPS) is 13.0. The summed E-state index contributed by atoms with van der Waals surface area (Å²) in [5.74, 6) is 1.61. The van der Waals surface area contributed by atoms with Crippen LogP contribution in [0.4, 0.5) is 10.6 Å². The van der Waals surface area contributed by atoms with Crippen LogP contribution in [0.25, 0.3) is 10.8 Å². The van der Waals surface area contributed by atoms with Gasteiger partial charge in [-0.15, -0.1) is 0 Å². The summed E-state index contributed by atoms with van der Waals surface area (Å²) in [7, 11) is 2.94. The summed E-state index contributed by atoms with van der Waals surface area (Å²) < 4.78 is 5.29. The number of nitriles is 1. The first-order chi connectivity index (χ1) is 11.6. The average molecular weight is 328 g/mol. The second kappa shape index (κ2) is 8.02. The third-order valence-electron chi connectivity index (χ3n) is 3.80. The van der Waals surface area contributed by atoms with Crippen LogP contribution in [0.5, 0.6) is 5.75 Å². The number of hydrogen-bond donors (Lipinski definition) is 2. The minimum absolute atomic E-state index is 0.563. The molecule has 0 aliphatic carbocycles. The van der Waals surface area contributed by atoms with Gasteiger partial charge in [0.15, 0.2) is 0 Å². The number of carbonyl (C=O) groups is 1. The molecule has 1 aliphatic heterocycles. The molecule has 2 N–H and O–H groups in total. The van der Waals surface area contributed by atoms with Crippen LogP contribution in [0.3, 0.4) is 0 Å². The van der Waals surface area contributed by atoms with Gasteiger partial charge in [-0.25, -0.2) is 9.78 Å². The fourth-order valence-corrected chi connectivity index (χ4v) is 2.62. The smallest absolute Gasteiger partial charge is 0.404 e. The third-order valence-corrected chi connectivity index (χ3v) is 3.80. The van der Waals surface area contributed by atoms with E-state index in [1.165, 1.54) is 19.9 Å². The van der Waals surface area contributed by atoms with Crippen LogP contribution in [0, 0.1) is 11.3 Å². The van der Waals surface area contributed by atoms with E-state index < -0.39 is 6.09 Å². The van der Waals surface area contributed by atoms with E-state index in [0.717, 1.165) is 29.7 Å². The van der Waals surface area contributed by atoms with Gasteiger partial charge in [0, 0.05) is 31.7 Å². The lowest BCUT2D eigenvalue weighted by atomic mass is 10.1. The standard InChI is InChI=1S/C15H15N3O.C2H5NO2/c1-19-14-9-13-11(8-12(14)10-16)4-5-17-15(13)18-6-2-3-7-18;1-3-2(4)5/h4-5,8-9H,2-3,6-7H2,1H3;3H,1H3,(H,4,5). The van der Waals surface area contributed by atoms with Crippen molar-refractivity contribution in [3.8, 4) is 11.8 Å². The molecule has 24 heavy (non-hydrogen) atoms. The number of benzene rings is 1. The number of aromatic nitrogens is 1. The first-order valence-electron chi connectivity index (χ1n) is 7.63. The molecule has 0 unspecified atom stereocenters. The van der Waals surface area contributed by atoms with E-state index in [9.17, 15) is 4.79 Å². The Kier molecular flexibility index (Phi) is 5.79. The number of nitrogens with zero attached hydrogens (tertiary/aromatic N) is 3. The molecule has 0 spiro atoms. The summed E-state index contributed by atoms with van der Waals surface area (Å²) >= 11 is 0. The molecule has 7 heteroatoms. The molecule has 1 aromatic carbocycles. The van der Waals surface area contributed by atoms with Gasteiger partial charge in [-0.2, -0.15) is 5.26 Å². The maximum absolute atomic E-state index is 9.26. The molecule has 0 radical (unpaired) electrons. The molecule has 0 bridgehead atoms. The summed E-state index contributed by atoms with van der Waals surface area (Å²) in [6.07, 6.45) is 3.24. The zero-order chi connectivity index (χ0) is 17.5. The average Bonchev–Trinajstić information content (AvgIpc) is 3.14. The molecule has 7 nitrogen and oxygen atoms in total. The van der Waals surface area contributed by atoms with Crippen LogP contribution in [-0.2, 0) is 0 Å². The Morgan fingerprint density at radius 2 is 2.08 bits per heavy atom. The van der Waals surface area contributed by atoms with Crippen molar-refractivity contribution in [1.29, 1.82) is 5.26 Å². The highest BCUT2D eigenvalue weighted by atomic mass is 16.5. The summed E-state index contributed by atoms with van der Waals surface area (Å²) in [4.78, 5) is 16.1. The Bertz CT molecular complexity index is 764. The lowest BCUT2D eigenvalue weighted by Crippen LogP contribution is -2.19. The highest BCUT2D eigenvalue weighted by molar-refractivity contribution is 5.94. The second-order valence-electron chi connectivity index (χ2n) is 5.27. The first kappa shape index (κ1) is 17.3. The molecule has 3 rings (SSSR count). The monoisotopic (exact) mass is 328 g/mol. The zero-order valence-corrected chi connectivity index (χ0v) is 13.7. The Balaban J connectivity index is 0.000000368. The van der Waals surface area contributed by atoms with Crippen molar-refractivity contribution >= 4 is 22.7 Å². The number of amides is 1. The number of rotatable bonds is 2. The topological polar surface area (TPSA) is 98.5 Å². The van der Waals surface area contributed by atoms with Crippen molar-refractivity contribution in [2.45, 2.75) is 12.8 Å². The lowest BCUT2D eigenvalue weighted by molar-refractivity contribution is 0.197. The molecule has 1 fully saturated rings. The molecule has 0 saturated carbocycles. The van der Waals surface area contributed by atoms with Gasteiger partial charge in [0.05, 0.1) is 12.7 Å². The van der Waals surface area contributed by atoms with Gasteiger partial charge < -0.3 is 20.1 Å². The first-order valence-corrected chi connectivity index (χ1v) is 7.63. The predicted octanol–water partition coefficient (Wildman–Crippen LogP) is 2.60. The van der Waals surface area contributed by atoms with E-state index in [2.05, 4.69) is 16.0 Å². The summed E-state index contributed by atoms with van der Waals surface area (Å²) in [5, 5.41) is 20.8. The Morgan fingerprint density at radius 1 is 1.42 bits per heavy atom. The number of ether oxygens (including phenoxy) is 1. The third kappa shape index (κ3) is 3.84. The van der Waals surface area contributed by atoms with Crippen LogP contribution in [0.15, 0.2) is 24.4 Å². The van der Waals surface area contributed by atoms with Gasteiger partial charge in [-0.3, -0.25) is 0 Å². The van der Waals surface area contributed by atoms with Crippen LogP contribution >= 0.6 is 0 Å². The van der Waals surface area contributed by atoms with Gasteiger partial charge in [-0.05, 0) is 36.4 Å². The number of methoxy groups -OCH3 is 1. The SMILES string of the molecule is CNC(=O)O.COc1cc2c(N3CCCC3)nccc2cc1C#N. The van der Waals surface area contributed by atoms with Gasteiger partial charge in [0.25, 0.3) is 0 Å². The second-order valence-corrected chi connectivity index (χ2v) is 5.27. The Morgan fingerprint density at radius 3 is 2.62 bits per heavy atom. The summed E-state index contributed by atoms with van der Waals surface area (Å²) in [5.41, 5.74) is 0.563. The van der Waals surface area contributed by atoms with Crippen molar-refractivity contribution in [3.63, 3.8) is 0 Å². The zero-order valence-electron chi connectivity index (χ0n) is 13.7. The Labute approximate surface area is 140 Å². The quantitative estimate of drug-likeness (QED) is 0.879. The molecule has 1 aliphatic rings. The highest BCUT2D eigenvalue weighted by Crippen LogP contribution is 2.32. The summed E-state index contributed by atoms with van der Waals surface area (Å²) in [6.45, 7) is 2.10. The molecule has 2 heterocycles. The molecule has 126 valence electrons. The minimum atomic E-state index is -0.995. The van der Waals surface area contributed by atoms with Crippen molar-refractivity contribution in [3.05, 3.63) is 30.0 Å². The molecule has 0 atom stereocenters. The molecule has 1 aromatic heterocycles. The van der Waals surface area contributed by atoms with Crippen molar-refractivity contribution < 1.29 is 14.6 Å². The van der Waals surface area contributed by atoms with Gasteiger partial charge >= 0.3 is 6.09 Å². The molecule has 1 saturated heterocycles. The number of carboxylic acid groups (broad SMARTS) is 1. The number of hydrogen-bond acceptors (Lipinski definition) is 5. The van der Waals surface area contributed by atoms with Crippen molar-refractivity contribution in [1.82, 2.24) is 10.3 Å². The maximum atomic E-state index is 9.26. The molecular formula is C17H20N4O3. The number of pyridine rings is 1.